The van der Waals surface area contributed by atoms with Crippen LogP contribution in [0.4, 0.5) is 16.2 Å². The number of anilines is 2. The van der Waals surface area contributed by atoms with E-state index < -0.39 is 5.91 Å². The van der Waals surface area contributed by atoms with Gasteiger partial charge < -0.3 is 26.2 Å². The van der Waals surface area contributed by atoms with E-state index in [2.05, 4.69) is 46.5 Å². The van der Waals surface area contributed by atoms with Gasteiger partial charge >= 0.3 is 6.03 Å². The highest BCUT2D eigenvalue weighted by atomic mass is 16.2. The number of hydrogen-bond acceptors (Lipinski definition) is 4. The maximum Gasteiger partial charge on any atom is 0.319 e. The fourth-order valence-corrected chi connectivity index (χ4v) is 3.81. The molecule has 2 aromatic rings. The molecule has 4 N–H and O–H groups in total. The van der Waals surface area contributed by atoms with E-state index in [0.29, 0.717) is 17.8 Å². The maximum absolute atomic E-state index is 12.6. The van der Waals surface area contributed by atoms with Gasteiger partial charge in [0.1, 0.15) is 0 Å². The molecule has 0 atom stereocenters. The van der Waals surface area contributed by atoms with Crippen molar-refractivity contribution < 1.29 is 9.59 Å². The summed E-state index contributed by atoms with van der Waals surface area (Å²) in [6.07, 6.45) is 3.45. The Morgan fingerprint density at radius 3 is 2.52 bits per heavy atom. The van der Waals surface area contributed by atoms with Crippen LogP contribution in [0.2, 0.25) is 0 Å². The summed E-state index contributed by atoms with van der Waals surface area (Å²) in [5.41, 5.74) is 9.61. The van der Waals surface area contributed by atoms with E-state index >= 15 is 0 Å². The summed E-state index contributed by atoms with van der Waals surface area (Å²) < 4.78 is 0. The zero-order valence-electron chi connectivity index (χ0n) is 18.5. The Morgan fingerprint density at radius 2 is 1.81 bits per heavy atom. The van der Waals surface area contributed by atoms with Gasteiger partial charge in [-0.15, -0.1) is 0 Å². The van der Waals surface area contributed by atoms with Crippen LogP contribution >= 0.6 is 0 Å². The zero-order chi connectivity index (χ0) is 22.2. The highest BCUT2D eigenvalue weighted by Crippen LogP contribution is 2.29. The van der Waals surface area contributed by atoms with Crippen LogP contribution in [0, 0.1) is 0 Å². The average Bonchev–Trinajstić information content (AvgIpc) is 2.78. The van der Waals surface area contributed by atoms with Crippen molar-refractivity contribution in [1.82, 2.24) is 10.2 Å². The van der Waals surface area contributed by atoms with Gasteiger partial charge in [0.25, 0.3) is 0 Å². The number of nitrogens with zero attached hydrogens (tertiary/aromatic N) is 2. The number of hydrogen-bond donors (Lipinski definition) is 3. The number of rotatable bonds is 8. The van der Waals surface area contributed by atoms with Crippen molar-refractivity contribution in [2.24, 2.45) is 5.73 Å². The summed E-state index contributed by atoms with van der Waals surface area (Å²) in [4.78, 5) is 28.8. The smallest absolute Gasteiger partial charge is 0.319 e. The molecule has 0 aromatic heterocycles. The van der Waals surface area contributed by atoms with Crippen LogP contribution in [0.5, 0.6) is 0 Å². The van der Waals surface area contributed by atoms with Gasteiger partial charge in [-0.25, -0.2) is 4.79 Å². The van der Waals surface area contributed by atoms with Gasteiger partial charge in [-0.1, -0.05) is 31.2 Å². The summed E-state index contributed by atoms with van der Waals surface area (Å²) in [6, 6.07) is 13.2. The summed E-state index contributed by atoms with van der Waals surface area (Å²) >= 11 is 0. The molecule has 0 radical (unpaired) electrons. The van der Waals surface area contributed by atoms with Crippen molar-refractivity contribution >= 4 is 23.3 Å². The van der Waals surface area contributed by atoms with E-state index in [1.165, 1.54) is 12.0 Å². The normalized spacial score (nSPS) is 13.8. The molecular weight excluding hydrogens is 390 g/mol. The first-order valence-electron chi connectivity index (χ1n) is 11.0. The number of benzene rings is 2. The molecule has 0 saturated carbocycles. The van der Waals surface area contributed by atoms with Gasteiger partial charge in [0.15, 0.2) is 0 Å². The van der Waals surface area contributed by atoms with E-state index in [1.54, 1.807) is 12.1 Å². The lowest BCUT2D eigenvalue weighted by Crippen LogP contribution is -2.32. The molecule has 31 heavy (non-hydrogen) atoms. The van der Waals surface area contributed by atoms with Gasteiger partial charge in [-0.2, -0.15) is 0 Å². The van der Waals surface area contributed by atoms with E-state index in [9.17, 15) is 9.59 Å². The molecule has 0 aliphatic carbocycles. The van der Waals surface area contributed by atoms with Gasteiger partial charge in [0.05, 0.1) is 11.4 Å². The first kappa shape index (κ1) is 22.6. The Balaban J connectivity index is 1.67. The number of nitrogens with one attached hydrogen (secondary N) is 2. The van der Waals surface area contributed by atoms with E-state index in [1.807, 2.05) is 18.2 Å². The Bertz CT molecular complexity index is 909. The number of primary amides is 1. The average molecular weight is 424 g/mol. The van der Waals surface area contributed by atoms with E-state index in [-0.39, 0.29) is 6.03 Å². The number of piperidine rings is 1. The molecule has 1 aliphatic rings. The molecule has 166 valence electrons. The van der Waals surface area contributed by atoms with Gasteiger partial charge in [0, 0.05) is 31.7 Å². The number of nitrogens with two attached hydrogens (primary N) is 1. The van der Waals surface area contributed by atoms with Crippen LogP contribution in [0.1, 0.15) is 47.7 Å². The molecule has 2 aromatic carbocycles. The molecule has 0 spiro atoms. The summed E-state index contributed by atoms with van der Waals surface area (Å²) in [6.45, 7) is 6.27. The first-order chi connectivity index (χ1) is 15.0. The predicted octanol–water partition coefficient (Wildman–Crippen LogP) is 3.55. The Hall–Kier alpha value is -3.06. The monoisotopic (exact) mass is 423 g/mol. The van der Waals surface area contributed by atoms with Gasteiger partial charge in [-0.05, 0) is 62.2 Å². The van der Waals surface area contributed by atoms with Crippen molar-refractivity contribution in [1.29, 1.82) is 0 Å². The third kappa shape index (κ3) is 6.46. The lowest BCUT2D eigenvalue weighted by Gasteiger charge is -2.30. The van der Waals surface area contributed by atoms with Crippen molar-refractivity contribution in [3.63, 3.8) is 0 Å². The summed E-state index contributed by atoms with van der Waals surface area (Å²) in [7, 11) is 2.08. The van der Waals surface area contributed by atoms with Crippen LogP contribution < -0.4 is 21.3 Å². The van der Waals surface area contributed by atoms with Crippen molar-refractivity contribution in [3.8, 4) is 0 Å². The zero-order valence-corrected chi connectivity index (χ0v) is 18.5. The van der Waals surface area contributed by atoms with Crippen LogP contribution in [-0.4, -0.2) is 43.5 Å². The molecule has 3 amide bonds. The van der Waals surface area contributed by atoms with E-state index in [4.69, 9.17) is 5.73 Å². The second kappa shape index (κ2) is 10.8. The molecule has 3 rings (SSSR count). The topological polar surface area (TPSA) is 90.7 Å². The molecule has 7 heteroatoms. The SMILES string of the molecule is CCN(C)Cc1cccc(CNC(=O)Nc2cc(C(N)=O)ccc2N2CCCCC2)c1. The van der Waals surface area contributed by atoms with Gasteiger partial charge in [-0.3, -0.25) is 4.79 Å². The molecule has 0 unspecified atom stereocenters. The first-order valence-corrected chi connectivity index (χ1v) is 11.0. The fourth-order valence-electron chi connectivity index (χ4n) is 3.81. The molecule has 1 saturated heterocycles. The number of urea groups is 1. The maximum atomic E-state index is 12.6. The molecule has 1 fully saturated rings. The lowest BCUT2D eigenvalue weighted by molar-refractivity contribution is 0.100. The quantitative estimate of drug-likeness (QED) is 0.606. The van der Waals surface area contributed by atoms with E-state index in [0.717, 1.165) is 50.3 Å². The minimum Gasteiger partial charge on any atom is -0.370 e. The van der Waals surface area contributed by atoms with Crippen molar-refractivity contribution in [2.45, 2.75) is 39.3 Å². The standard InChI is InChI=1S/C24H33N5O2/c1-3-28(2)17-19-9-7-8-18(14-19)16-26-24(31)27-21-15-20(23(25)30)10-11-22(21)29-12-5-4-6-13-29/h7-11,14-15H,3-6,12-13,16-17H2,1-2H3,(H2,25,30)(H2,26,27,31). The van der Waals surface area contributed by atoms with Crippen molar-refractivity contribution in [2.75, 3.05) is 36.9 Å². The Kier molecular flexibility index (Phi) is 7.89. The minimum atomic E-state index is -0.512. The number of amides is 3. The van der Waals surface area contributed by atoms with Crippen LogP contribution in [0.25, 0.3) is 0 Å². The molecular formula is C24H33N5O2. The second-order valence-electron chi connectivity index (χ2n) is 8.10. The van der Waals surface area contributed by atoms with Gasteiger partial charge in [0.2, 0.25) is 5.91 Å². The molecule has 7 nitrogen and oxygen atoms in total. The number of carbonyl (C=O) groups is 2. The fraction of sp³-hybridized carbons (Fsp3) is 0.417. The largest absolute Gasteiger partial charge is 0.370 e. The predicted molar refractivity (Wildman–Crippen MR) is 125 cm³/mol. The Morgan fingerprint density at radius 1 is 1.06 bits per heavy atom. The molecule has 0 bridgehead atoms. The Labute approximate surface area is 184 Å². The summed E-state index contributed by atoms with van der Waals surface area (Å²) in [5, 5.41) is 5.84. The third-order valence-electron chi connectivity index (χ3n) is 5.66. The van der Waals surface area contributed by atoms with Crippen LogP contribution in [-0.2, 0) is 13.1 Å². The minimum absolute atomic E-state index is 0.309. The number of carbonyl (C=O) groups excluding carboxylic acids is 2. The molecule has 1 heterocycles. The second-order valence-corrected chi connectivity index (χ2v) is 8.10. The van der Waals surface area contributed by atoms with Crippen LogP contribution in [0.3, 0.4) is 0 Å². The highest BCUT2D eigenvalue weighted by Gasteiger charge is 2.17. The highest BCUT2D eigenvalue weighted by molar-refractivity contribution is 5.98. The lowest BCUT2D eigenvalue weighted by atomic mass is 10.1. The molecule has 1 aliphatic heterocycles. The summed E-state index contributed by atoms with van der Waals surface area (Å²) in [5.74, 6) is -0.512. The van der Waals surface area contributed by atoms with Crippen LogP contribution in [0.15, 0.2) is 42.5 Å². The third-order valence-corrected chi connectivity index (χ3v) is 5.66. The van der Waals surface area contributed by atoms with Crippen molar-refractivity contribution in [3.05, 3.63) is 59.2 Å².